The molecule has 0 radical (unpaired) electrons. The van der Waals surface area contributed by atoms with Gasteiger partial charge in [0.1, 0.15) is 0 Å². The van der Waals surface area contributed by atoms with Crippen LogP contribution in [-0.4, -0.2) is 15.9 Å². The summed E-state index contributed by atoms with van der Waals surface area (Å²) in [6.07, 6.45) is 1.89. The second kappa shape index (κ2) is 7.43. The minimum atomic E-state index is 0.0943. The zero-order valence-electron chi connectivity index (χ0n) is 16.3. The SMILES string of the molecule is Cc1ccc(-c2csc(C3=Nc4cc(=Cc5sc(=S)[nH]c5O)ccc4=N3)c2)cc1C. The van der Waals surface area contributed by atoms with Gasteiger partial charge in [0.05, 0.1) is 20.8 Å². The second-order valence-electron chi connectivity index (χ2n) is 7.17. The fourth-order valence-corrected chi connectivity index (χ4v) is 5.19. The maximum absolute atomic E-state index is 9.92. The minimum absolute atomic E-state index is 0.0943. The van der Waals surface area contributed by atoms with Crippen molar-refractivity contribution in [2.75, 3.05) is 0 Å². The van der Waals surface area contributed by atoms with Crippen molar-refractivity contribution in [1.29, 1.82) is 0 Å². The molecule has 5 rings (SSSR count). The van der Waals surface area contributed by atoms with Crippen LogP contribution in [0.15, 0.2) is 57.8 Å². The van der Waals surface area contributed by atoms with Crippen LogP contribution < -0.4 is 10.6 Å². The molecule has 0 fully saturated rings. The Morgan fingerprint density at radius 1 is 1.00 bits per heavy atom. The number of H-pyrrole nitrogens is 1. The molecule has 0 amide bonds. The zero-order valence-corrected chi connectivity index (χ0v) is 18.7. The largest absolute Gasteiger partial charge is 0.494 e. The van der Waals surface area contributed by atoms with E-state index in [1.54, 1.807) is 11.3 Å². The van der Waals surface area contributed by atoms with Crippen LogP contribution >= 0.6 is 34.9 Å². The molecule has 2 aromatic carbocycles. The Hall–Kier alpha value is -2.87. The molecule has 0 aliphatic carbocycles. The number of hydrogen-bond donors (Lipinski definition) is 2. The fraction of sp³-hybridized carbons (Fsp3) is 0.0870. The van der Waals surface area contributed by atoms with Gasteiger partial charge in [0.15, 0.2) is 9.79 Å². The highest BCUT2D eigenvalue weighted by Crippen LogP contribution is 2.29. The van der Waals surface area contributed by atoms with E-state index in [1.165, 1.54) is 33.6 Å². The van der Waals surface area contributed by atoms with E-state index in [-0.39, 0.29) is 5.88 Å². The Morgan fingerprint density at radius 3 is 2.63 bits per heavy atom. The lowest BCUT2D eigenvalue weighted by atomic mass is 10.0. The molecular weight excluding hydrogens is 430 g/mol. The average Bonchev–Trinajstić information content (AvgIpc) is 3.42. The van der Waals surface area contributed by atoms with Crippen LogP contribution in [0.25, 0.3) is 17.2 Å². The molecule has 0 spiro atoms. The van der Waals surface area contributed by atoms with Gasteiger partial charge in [0, 0.05) is 0 Å². The van der Waals surface area contributed by atoms with Crippen LogP contribution in [0.3, 0.4) is 0 Å². The summed E-state index contributed by atoms with van der Waals surface area (Å²) in [5.41, 5.74) is 5.81. The van der Waals surface area contributed by atoms with Gasteiger partial charge in [-0.3, -0.25) is 0 Å². The molecule has 3 heterocycles. The van der Waals surface area contributed by atoms with E-state index >= 15 is 0 Å². The first-order valence-corrected chi connectivity index (χ1v) is 11.4. The number of aryl methyl sites for hydroxylation is 2. The van der Waals surface area contributed by atoms with Crippen LogP contribution in [0.4, 0.5) is 5.69 Å². The number of thiophene rings is 1. The third kappa shape index (κ3) is 3.56. The highest BCUT2D eigenvalue weighted by atomic mass is 32.1. The first kappa shape index (κ1) is 19.1. The highest BCUT2D eigenvalue weighted by Gasteiger charge is 2.14. The molecule has 148 valence electrons. The number of fused-ring (bicyclic) bond motifs is 1. The van der Waals surface area contributed by atoms with E-state index in [9.17, 15) is 5.11 Å². The maximum atomic E-state index is 9.92. The van der Waals surface area contributed by atoms with Gasteiger partial charge in [0.25, 0.3) is 0 Å². The van der Waals surface area contributed by atoms with Crippen LogP contribution in [0.2, 0.25) is 0 Å². The number of aliphatic imine (C=N–C) groups is 1. The molecule has 0 atom stereocenters. The summed E-state index contributed by atoms with van der Waals surface area (Å²) in [7, 11) is 0. The van der Waals surface area contributed by atoms with Crippen molar-refractivity contribution in [2.24, 2.45) is 9.98 Å². The van der Waals surface area contributed by atoms with Gasteiger partial charge in [0.2, 0.25) is 5.88 Å². The maximum Gasteiger partial charge on any atom is 0.207 e. The molecule has 0 bridgehead atoms. The Kier molecular flexibility index (Phi) is 4.73. The standard InChI is InChI=1S/C23H17N3OS3/c1-12-3-5-15(7-13(12)2)16-10-19(29-11-16)21-24-17-6-4-14(8-18(17)25-21)9-20-22(27)26-23(28)30-20/h3-11,27H,1-2H3,(H,26,28). The molecule has 2 N–H and O–H groups in total. The number of aromatic amines is 1. The Labute approximate surface area is 186 Å². The summed E-state index contributed by atoms with van der Waals surface area (Å²) in [4.78, 5) is 13.9. The molecule has 1 aliphatic rings. The van der Waals surface area contributed by atoms with Crippen LogP contribution in [0, 0.1) is 17.8 Å². The lowest BCUT2D eigenvalue weighted by Gasteiger charge is -2.02. The van der Waals surface area contributed by atoms with Gasteiger partial charge in [-0.05, 0) is 83.2 Å². The Balaban J connectivity index is 1.48. The molecule has 7 heteroatoms. The molecule has 0 saturated carbocycles. The van der Waals surface area contributed by atoms with Crippen molar-refractivity contribution in [2.45, 2.75) is 13.8 Å². The number of thiazole rings is 1. The van der Waals surface area contributed by atoms with Crippen LogP contribution in [0.1, 0.15) is 20.9 Å². The number of aromatic nitrogens is 1. The second-order valence-corrected chi connectivity index (χ2v) is 9.80. The van der Waals surface area contributed by atoms with Gasteiger partial charge in [-0.1, -0.05) is 24.3 Å². The number of amidine groups is 1. The van der Waals surface area contributed by atoms with Gasteiger partial charge in [-0.25, -0.2) is 9.98 Å². The van der Waals surface area contributed by atoms with Gasteiger partial charge in [-0.2, -0.15) is 0 Å². The topological polar surface area (TPSA) is 60.7 Å². The number of aromatic hydroxyl groups is 1. The van der Waals surface area contributed by atoms with Crippen LogP contribution in [0.5, 0.6) is 5.88 Å². The third-order valence-electron chi connectivity index (χ3n) is 5.07. The minimum Gasteiger partial charge on any atom is -0.494 e. The zero-order chi connectivity index (χ0) is 20.8. The highest BCUT2D eigenvalue weighted by molar-refractivity contribution is 7.73. The number of nitrogens with zero attached hydrogens (tertiary/aromatic N) is 2. The number of benzene rings is 2. The van der Waals surface area contributed by atoms with E-state index in [1.807, 2.05) is 24.3 Å². The monoisotopic (exact) mass is 447 g/mol. The Morgan fingerprint density at radius 2 is 1.87 bits per heavy atom. The molecule has 4 aromatic rings. The average molecular weight is 448 g/mol. The summed E-state index contributed by atoms with van der Waals surface area (Å²) in [5, 5.41) is 13.9. The summed E-state index contributed by atoms with van der Waals surface area (Å²) >= 11 is 8.08. The number of hydrogen-bond acceptors (Lipinski definition) is 6. The smallest absolute Gasteiger partial charge is 0.207 e. The first-order valence-electron chi connectivity index (χ1n) is 9.34. The molecule has 0 unspecified atom stereocenters. The van der Waals surface area contributed by atoms with Gasteiger partial charge >= 0.3 is 0 Å². The quantitative estimate of drug-likeness (QED) is 0.413. The van der Waals surface area contributed by atoms with E-state index in [4.69, 9.17) is 22.2 Å². The number of nitrogens with one attached hydrogen (secondary N) is 1. The Bertz CT molecular complexity index is 1510. The normalized spacial score (nSPS) is 13.3. The molecule has 0 saturated heterocycles. The van der Waals surface area contributed by atoms with Gasteiger partial charge in [-0.15, -0.1) is 22.7 Å². The van der Waals surface area contributed by atoms with Crippen molar-refractivity contribution in [1.82, 2.24) is 4.98 Å². The van der Waals surface area contributed by atoms with E-state index in [2.05, 4.69) is 48.5 Å². The van der Waals surface area contributed by atoms with Crippen molar-refractivity contribution >= 4 is 52.5 Å². The van der Waals surface area contributed by atoms with Crippen molar-refractivity contribution in [3.05, 3.63) is 83.3 Å². The van der Waals surface area contributed by atoms with Gasteiger partial charge < -0.3 is 10.1 Å². The van der Waals surface area contributed by atoms with E-state index in [0.717, 1.165) is 27.0 Å². The van der Waals surface area contributed by atoms with Crippen molar-refractivity contribution < 1.29 is 5.11 Å². The fourth-order valence-electron chi connectivity index (χ4n) is 3.28. The summed E-state index contributed by atoms with van der Waals surface area (Å²) < 4.78 is 0.549. The third-order valence-corrected chi connectivity index (χ3v) is 7.16. The predicted octanol–water partition coefficient (Wildman–Crippen LogP) is 5.40. The van der Waals surface area contributed by atoms with Crippen molar-refractivity contribution in [3.8, 4) is 17.0 Å². The molecular formula is C23H17N3OS3. The summed E-state index contributed by atoms with van der Waals surface area (Å²) in [6, 6.07) is 14.6. The summed E-state index contributed by atoms with van der Waals surface area (Å²) in [6.45, 7) is 4.26. The predicted molar refractivity (Wildman–Crippen MR) is 127 cm³/mol. The molecule has 2 aromatic heterocycles. The number of rotatable bonds is 3. The molecule has 30 heavy (non-hydrogen) atoms. The first-order chi connectivity index (χ1) is 14.5. The van der Waals surface area contributed by atoms with E-state index in [0.29, 0.717) is 8.83 Å². The molecule has 4 nitrogen and oxygen atoms in total. The van der Waals surface area contributed by atoms with Crippen molar-refractivity contribution in [3.63, 3.8) is 0 Å². The summed E-state index contributed by atoms with van der Waals surface area (Å²) in [5.74, 6) is 0.833. The van der Waals surface area contributed by atoms with E-state index < -0.39 is 0 Å². The lowest BCUT2D eigenvalue weighted by molar-refractivity contribution is 0.456. The van der Waals surface area contributed by atoms with Crippen LogP contribution in [-0.2, 0) is 0 Å². The lowest BCUT2D eigenvalue weighted by Crippen LogP contribution is -2.07. The molecule has 1 aliphatic heterocycles.